The number of sulfone groups is 1. The Hall–Kier alpha value is -4.26. The van der Waals surface area contributed by atoms with Gasteiger partial charge in [-0.2, -0.15) is 4.73 Å². The van der Waals surface area contributed by atoms with Gasteiger partial charge in [0.15, 0.2) is 24.0 Å². The van der Waals surface area contributed by atoms with Crippen LogP contribution >= 0.6 is 0 Å². The first-order valence-electron chi connectivity index (χ1n) is 11.1. The number of nitrogens with one attached hydrogen (secondary N) is 1. The maximum Gasteiger partial charge on any atom is 0.269 e. The number of carbonyl (C=O) groups is 1. The highest BCUT2D eigenvalue weighted by Gasteiger charge is 2.29. The second kappa shape index (κ2) is 10.6. The quantitative estimate of drug-likeness (QED) is 0.157. The number of amides is 1. The van der Waals surface area contributed by atoms with Gasteiger partial charge < -0.3 is 15.1 Å². The Morgan fingerprint density at radius 3 is 2.42 bits per heavy atom. The lowest BCUT2D eigenvalue weighted by atomic mass is 10.1. The number of rotatable bonds is 8. The minimum absolute atomic E-state index is 0.00493. The number of aryl methyl sites for hydroxylation is 1. The van der Waals surface area contributed by atoms with Gasteiger partial charge in [-0.3, -0.25) is 4.79 Å². The Bertz CT molecular complexity index is 1620. The summed E-state index contributed by atoms with van der Waals surface area (Å²) < 4.78 is 83.5. The van der Waals surface area contributed by atoms with Gasteiger partial charge in [-0.25, -0.2) is 31.0 Å². The van der Waals surface area contributed by atoms with E-state index in [0.29, 0.717) is 33.6 Å². The van der Waals surface area contributed by atoms with Gasteiger partial charge in [-0.1, -0.05) is 12.1 Å². The van der Waals surface area contributed by atoms with Crippen LogP contribution in [0.2, 0.25) is 0 Å². The minimum atomic E-state index is -4.61. The average molecular weight is 549 g/mol. The SMILES string of the molecule is Cc1c[n+]([O-])ccc1CNC(=O)c1cnc(S(=O)(=O)Cc2c(F)ccc(F)c2F)n1Cc1ccc(F)cc1. The topological polar surface area (TPSA) is 108 Å². The lowest BCUT2D eigenvalue weighted by molar-refractivity contribution is -0.605. The van der Waals surface area contributed by atoms with Crippen LogP contribution in [0.1, 0.15) is 32.7 Å². The monoisotopic (exact) mass is 548 g/mol. The van der Waals surface area contributed by atoms with E-state index in [9.17, 15) is 36.0 Å². The molecule has 8 nitrogen and oxygen atoms in total. The van der Waals surface area contributed by atoms with Gasteiger partial charge in [0.05, 0.1) is 18.5 Å². The van der Waals surface area contributed by atoms with E-state index in [1.165, 1.54) is 30.6 Å². The van der Waals surface area contributed by atoms with Crippen LogP contribution in [0, 0.1) is 35.4 Å². The van der Waals surface area contributed by atoms with Gasteiger partial charge in [-0.15, -0.1) is 0 Å². The molecule has 0 aliphatic rings. The molecule has 4 rings (SSSR count). The number of hydrogen-bond acceptors (Lipinski definition) is 5. The molecule has 0 saturated carbocycles. The van der Waals surface area contributed by atoms with Crippen molar-refractivity contribution < 1.29 is 35.5 Å². The van der Waals surface area contributed by atoms with E-state index in [-0.39, 0.29) is 18.8 Å². The lowest BCUT2D eigenvalue weighted by Gasteiger charge is -2.14. The normalized spacial score (nSPS) is 11.5. The standard InChI is InChI=1S/C25H20F4N4O4S/c1-15-12-32(35)9-8-17(15)10-30-24(34)22-11-31-25(33(22)13-16-2-4-18(26)5-3-16)38(36,37)14-19-20(27)6-7-21(28)23(19)29/h2-9,11-12H,10,13-14H2,1H3,(H,30,34). The fraction of sp³-hybridized carbons (Fsp3) is 0.160. The molecule has 0 spiro atoms. The van der Waals surface area contributed by atoms with Crippen molar-refractivity contribution in [1.29, 1.82) is 0 Å². The molecule has 4 aromatic rings. The third kappa shape index (κ3) is 5.67. The van der Waals surface area contributed by atoms with Crippen molar-refractivity contribution in [1.82, 2.24) is 14.9 Å². The van der Waals surface area contributed by atoms with Gasteiger partial charge in [0.2, 0.25) is 15.0 Å². The van der Waals surface area contributed by atoms with Gasteiger partial charge >= 0.3 is 0 Å². The predicted molar refractivity (Wildman–Crippen MR) is 126 cm³/mol. The highest BCUT2D eigenvalue weighted by atomic mass is 32.2. The van der Waals surface area contributed by atoms with Crippen LogP contribution in [-0.2, 0) is 28.7 Å². The first-order chi connectivity index (χ1) is 18.0. The first kappa shape index (κ1) is 26.8. The molecule has 2 aromatic carbocycles. The molecule has 0 atom stereocenters. The van der Waals surface area contributed by atoms with Gasteiger partial charge in [0.1, 0.15) is 17.3 Å². The second-order valence-electron chi connectivity index (χ2n) is 8.42. The van der Waals surface area contributed by atoms with E-state index in [2.05, 4.69) is 10.3 Å². The van der Waals surface area contributed by atoms with Crippen molar-refractivity contribution in [3.05, 3.63) is 117 Å². The van der Waals surface area contributed by atoms with E-state index in [0.717, 1.165) is 22.9 Å². The summed E-state index contributed by atoms with van der Waals surface area (Å²) >= 11 is 0. The second-order valence-corrected chi connectivity index (χ2v) is 10.3. The predicted octanol–water partition coefficient (Wildman–Crippen LogP) is 3.33. The zero-order valence-electron chi connectivity index (χ0n) is 19.8. The summed E-state index contributed by atoms with van der Waals surface area (Å²) in [5, 5.41) is 13.3. The molecule has 198 valence electrons. The van der Waals surface area contributed by atoms with Crippen LogP contribution < -0.4 is 10.0 Å². The average Bonchev–Trinajstić information content (AvgIpc) is 3.29. The van der Waals surface area contributed by atoms with Crippen molar-refractivity contribution in [2.24, 2.45) is 0 Å². The summed E-state index contributed by atoms with van der Waals surface area (Å²) in [7, 11) is -4.61. The maximum absolute atomic E-state index is 14.2. The lowest BCUT2D eigenvalue weighted by Crippen LogP contribution is -2.29. The molecule has 0 saturated heterocycles. The smallest absolute Gasteiger partial charge is 0.269 e. The van der Waals surface area contributed by atoms with Gasteiger partial charge in [-0.05, 0) is 42.3 Å². The van der Waals surface area contributed by atoms with Crippen molar-refractivity contribution in [3.8, 4) is 0 Å². The van der Waals surface area contributed by atoms with Crippen LogP contribution in [0.25, 0.3) is 0 Å². The summed E-state index contributed by atoms with van der Waals surface area (Å²) in [4.78, 5) is 16.9. The molecule has 2 heterocycles. The van der Waals surface area contributed by atoms with Crippen molar-refractivity contribution in [2.75, 3.05) is 0 Å². The highest BCUT2D eigenvalue weighted by Crippen LogP contribution is 2.24. The molecule has 0 bridgehead atoms. The maximum atomic E-state index is 14.2. The number of aromatic nitrogens is 3. The Kier molecular flexibility index (Phi) is 7.49. The summed E-state index contributed by atoms with van der Waals surface area (Å²) in [6.45, 7) is 1.41. The number of nitrogens with zero attached hydrogens (tertiary/aromatic N) is 3. The van der Waals surface area contributed by atoms with E-state index in [1.807, 2.05) is 0 Å². The van der Waals surface area contributed by atoms with E-state index in [4.69, 9.17) is 0 Å². The minimum Gasteiger partial charge on any atom is -0.619 e. The van der Waals surface area contributed by atoms with Crippen LogP contribution in [0.5, 0.6) is 0 Å². The molecule has 38 heavy (non-hydrogen) atoms. The van der Waals surface area contributed by atoms with Crippen LogP contribution in [-0.4, -0.2) is 23.9 Å². The highest BCUT2D eigenvalue weighted by molar-refractivity contribution is 7.90. The van der Waals surface area contributed by atoms with E-state index >= 15 is 0 Å². The van der Waals surface area contributed by atoms with Crippen molar-refractivity contribution in [3.63, 3.8) is 0 Å². The number of benzene rings is 2. The van der Waals surface area contributed by atoms with Crippen LogP contribution in [0.3, 0.4) is 0 Å². The Morgan fingerprint density at radius 2 is 1.74 bits per heavy atom. The number of pyridine rings is 1. The molecular weight excluding hydrogens is 528 g/mol. The zero-order chi connectivity index (χ0) is 27.6. The van der Waals surface area contributed by atoms with Gasteiger partial charge in [0, 0.05) is 23.7 Å². The summed E-state index contributed by atoms with van der Waals surface area (Å²) in [6, 6.07) is 7.65. The Labute approximate surface area is 214 Å². The van der Waals surface area contributed by atoms with Crippen LogP contribution in [0.15, 0.2) is 66.2 Å². The van der Waals surface area contributed by atoms with E-state index < -0.39 is 55.5 Å². The number of imidazole rings is 1. The summed E-state index contributed by atoms with van der Waals surface area (Å²) in [5.41, 5.74) is 0.407. The number of halogens is 4. The van der Waals surface area contributed by atoms with Gasteiger partial charge in [0.25, 0.3) is 5.91 Å². The third-order valence-corrected chi connectivity index (χ3v) is 7.30. The molecule has 0 aliphatic heterocycles. The van der Waals surface area contributed by atoms with Crippen molar-refractivity contribution in [2.45, 2.75) is 30.9 Å². The van der Waals surface area contributed by atoms with Crippen LogP contribution in [0.4, 0.5) is 17.6 Å². The van der Waals surface area contributed by atoms with E-state index in [1.54, 1.807) is 6.92 Å². The zero-order valence-corrected chi connectivity index (χ0v) is 20.6. The Balaban J connectivity index is 1.71. The summed E-state index contributed by atoms with van der Waals surface area (Å²) in [6.07, 6.45) is 3.55. The number of hydrogen-bond donors (Lipinski definition) is 1. The molecule has 0 radical (unpaired) electrons. The molecule has 0 fully saturated rings. The molecule has 2 aromatic heterocycles. The fourth-order valence-electron chi connectivity index (χ4n) is 3.75. The fourth-order valence-corrected chi connectivity index (χ4v) is 5.23. The van der Waals surface area contributed by atoms with Crippen molar-refractivity contribution >= 4 is 15.7 Å². The molecule has 0 unspecified atom stereocenters. The first-order valence-corrected chi connectivity index (χ1v) is 12.7. The molecular formula is C25H20F4N4O4S. The third-order valence-electron chi connectivity index (χ3n) is 5.75. The molecule has 1 N–H and O–H groups in total. The molecule has 13 heteroatoms. The molecule has 0 aliphatic carbocycles. The Morgan fingerprint density at radius 1 is 1.05 bits per heavy atom. The molecule has 1 amide bonds. The summed E-state index contributed by atoms with van der Waals surface area (Å²) in [5.74, 6) is -6.88. The number of carbonyl (C=O) groups excluding carboxylic acids is 1. The largest absolute Gasteiger partial charge is 0.619 e.